The summed E-state index contributed by atoms with van der Waals surface area (Å²) in [4.78, 5) is 14.5. The van der Waals surface area contributed by atoms with Crippen molar-refractivity contribution in [2.45, 2.75) is 45.2 Å². The van der Waals surface area contributed by atoms with Crippen LogP contribution in [-0.2, 0) is 16.6 Å². The minimum Gasteiger partial charge on any atom is -0.264 e. The molecule has 0 fully saturated rings. The number of nitrogens with zero attached hydrogens (tertiary/aromatic N) is 3. The van der Waals surface area contributed by atoms with Crippen molar-refractivity contribution in [2.75, 3.05) is 0 Å². The molecular weight excluding hydrogens is 342 g/mol. The van der Waals surface area contributed by atoms with Gasteiger partial charge in [0.25, 0.3) is 5.69 Å². The molecule has 0 aliphatic heterocycles. The molecule has 1 aromatic carbocycles. The standard InChI is InChI=1S/C17H21N3O4S/c1-12(2)19(11-15-6-5-7-18-10-15)25(23,24)17-9-16(20(21)22)8-13(3)14(17)4/h5-10,12H,11H2,1-4H3. The first-order chi connectivity index (χ1) is 11.6. The fourth-order valence-electron chi connectivity index (χ4n) is 2.52. The van der Waals surface area contributed by atoms with Crippen LogP contribution in [0.4, 0.5) is 5.69 Å². The van der Waals surface area contributed by atoms with Gasteiger partial charge < -0.3 is 0 Å². The summed E-state index contributed by atoms with van der Waals surface area (Å²) in [7, 11) is -3.91. The molecule has 7 nitrogen and oxygen atoms in total. The maximum absolute atomic E-state index is 13.2. The van der Waals surface area contributed by atoms with Gasteiger partial charge in [-0.25, -0.2) is 8.42 Å². The van der Waals surface area contributed by atoms with Crippen LogP contribution in [0, 0.1) is 24.0 Å². The summed E-state index contributed by atoms with van der Waals surface area (Å²) in [5.74, 6) is 0. The fraction of sp³-hybridized carbons (Fsp3) is 0.353. The van der Waals surface area contributed by atoms with Gasteiger partial charge in [-0.15, -0.1) is 0 Å². The number of pyridine rings is 1. The Kier molecular flexibility index (Phi) is 5.54. The van der Waals surface area contributed by atoms with Crippen molar-refractivity contribution in [3.05, 3.63) is 63.5 Å². The topological polar surface area (TPSA) is 93.4 Å². The average Bonchev–Trinajstić information content (AvgIpc) is 2.55. The zero-order valence-electron chi connectivity index (χ0n) is 14.6. The predicted molar refractivity (Wildman–Crippen MR) is 94.7 cm³/mol. The van der Waals surface area contributed by atoms with Crippen LogP contribution in [-0.4, -0.2) is 28.7 Å². The zero-order valence-corrected chi connectivity index (χ0v) is 15.4. The Bertz CT molecular complexity index is 880. The number of non-ortho nitro benzene ring substituents is 1. The van der Waals surface area contributed by atoms with E-state index in [0.29, 0.717) is 11.1 Å². The van der Waals surface area contributed by atoms with E-state index in [9.17, 15) is 18.5 Å². The van der Waals surface area contributed by atoms with E-state index in [-0.39, 0.29) is 23.2 Å². The molecule has 0 amide bonds. The molecule has 0 saturated carbocycles. The molecule has 8 heteroatoms. The van der Waals surface area contributed by atoms with Crippen LogP contribution in [0.25, 0.3) is 0 Å². The SMILES string of the molecule is Cc1cc([N+](=O)[O-])cc(S(=O)(=O)N(Cc2cccnc2)C(C)C)c1C. The Balaban J connectivity index is 2.56. The fourth-order valence-corrected chi connectivity index (χ4v) is 4.47. The second kappa shape index (κ2) is 7.28. The molecule has 0 radical (unpaired) electrons. The summed E-state index contributed by atoms with van der Waals surface area (Å²) < 4.78 is 27.7. The third-order valence-electron chi connectivity index (χ3n) is 4.04. The molecule has 0 aliphatic carbocycles. The van der Waals surface area contributed by atoms with Crippen LogP contribution in [0.3, 0.4) is 0 Å². The lowest BCUT2D eigenvalue weighted by molar-refractivity contribution is -0.385. The Labute approximate surface area is 147 Å². The molecule has 0 unspecified atom stereocenters. The summed E-state index contributed by atoms with van der Waals surface area (Å²) in [6.45, 7) is 7.02. The number of nitro benzene ring substituents is 1. The molecule has 0 aliphatic rings. The van der Waals surface area contributed by atoms with E-state index in [2.05, 4.69) is 4.98 Å². The van der Waals surface area contributed by atoms with Crippen LogP contribution < -0.4 is 0 Å². The number of nitro groups is 1. The molecule has 25 heavy (non-hydrogen) atoms. The third kappa shape index (κ3) is 4.02. The first-order valence-electron chi connectivity index (χ1n) is 7.81. The monoisotopic (exact) mass is 363 g/mol. The number of hydrogen-bond acceptors (Lipinski definition) is 5. The first kappa shape index (κ1) is 19.0. The van der Waals surface area contributed by atoms with Gasteiger partial charge >= 0.3 is 0 Å². The largest absolute Gasteiger partial charge is 0.271 e. The Hall–Kier alpha value is -2.32. The summed E-state index contributed by atoms with van der Waals surface area (Å²) in [5, 5.41) is 11.1. The lowest BCUT2D eigenvalue weighted by Crippen LogP contribution is -2.36. The van der Waals surface area contributed by atoms with Gasteiger partial charge in [-0.05, 0) is 50.5 Å². The van der Waals surface area contributed by atoms with Crippen molar-refractivity contribution in [2.24, 2.45) is 0 Å². The minimum atomic E-state index is -3.91. The van der Waals surface area contributed by atoms with Gasteiger partial charge in [0.2, 0.25) is 10.0 Å². The number of benzene rings is 1. The van der Waals surface area contributed by atoms with Crippen molar-refractivity contribution < 1.29 is 13.3 Å². The van der Waals surface area contributed by atoms with E-state index in [0.717, 1.165) is 11.6 Å². The average molecular weight is 363 g/mol. The Morgan fingerprint density at radius 1 is 1.28 bits per heavy atom. The van der Waals surface area contributed by atoms with E-state index in [1.807, 2.05) is 0 Å². The Morgan fingerprint density at radius 3 is 2.48 bits per heavy atom. The lowest BCUT2D eigenvalue weighted by atomic mass is 10.1. The van der Waals surface area contributed by atoms with Gasteiger partial charge in [-0.2, -0.15) is 4.31 Å². The van der Waals surface area contributed by atoms with E-state index in [1.54, 1.807) is 52.2 Å². The maximum atomic E-state index is 13.2. The molecule has 0 atom stereocenters. The normalized spacial score (nSPS) is 11.9. The summed E-state index contributed by atoms with van der Waals surface area (Å²) >= 11 is 0. The highest BCUT2D eigenvalue weighted by Gasteiger charge is 2.30. The second-order valence-corrected chi connectivity index (χ2v) is 8.01. The van der Waals surface area contributed by atoms with Crippen LogP contribution in [0.1, 0.15) is 30.5 Å². The number of rotatable bonds is 6. The molecular formula is C17H21N3O4S. The van der Waals surface area contributed by atoms with E-state index < -0.39 is 14.9 Å². The zero-order chi connectivity index (χ0) is 18.8. The minimum absolute atomic E-state index is 0.0307. The van der Waals surface area contributed by atoms with Gasteiger partial charge in [0, 0.05) is 37.1 Å². The van der Waals surface area contributed by atoms with Crippen molar-refractivity contribution in [3.8, 4) is 0 Å². The second-order valence-electron chi connectivity index (χ2n) is 6.15. The van der Waals surface area contributed by atoms with Crippen molar-refractivity contribution in [1.82, 2.24) is 9.29 Å². The van der Waals surface area contributed by atoms with Gasteiger partial charge in [0.1, 0.15) is 0 Å². The highest BCUT2D eigenvalue weighted by atomic mass is 32.2. The molecule has 1 aromatic heterocycles. The lowest BCUT2D eigenvalue weighted by Gasteiger charge is -2.27. The van der Waals surface area contributed by atoms with Crippen LogP contribution >= 0.6 is 0 Å². The number of sulfonamides is 1. The molecule has 0 bridgehead atoms. The maximum Gasteiger partial charge on any atom is 0.271 e. The van der Waals surface area contributed by atoms with Gasteiger partial charge in [0.15, 0.2) is 0 Å². The third-order valence-corrected chi connectivity index (χ3v) is 6.19. The molecule has 0 N–H and O–H groups in total. The van der Waals surface area contributed by atoms with E-state index >= 15 is 0 Å². The van der Waals surface area contributed by atoms with E-state index in [4.69, 9.17) is 0 Å². The molecule has 2 rings (SSSR count). The highest BCUT2D eigenvalue weighted by molar-refractivity contribution is 7.89. The molecule has 0 saturated heterocycles. The van der Waals surface area contributed by atoms with Crippen molar-refractivity contribution in [3.63, 3.8) is 0 Å². The van der Waals surface area contributed by atoms with Crippen LogP contribution in [0.5, 0.6) is 0 Å². The highest BCUT2D eigenvalue weighted by Crippen LogP contribution is 2.29. The first-order valence-corrected chi connectivity index (χ1v) is 9.25. The van der Waals surface area contributed by atoms with E-state index in [1.165, 1.54) is 10.4 Å². The molecule has 134 valence electrons. The smallest absolute Gasteiger partial charge is 0.264 e. The Morgan fingerprint density at radius 2 is 1.96 bits per heavy atom. The van der Waals surface area contributed by atoms with Crippen molar-refractivity contribution in [1.29, 1.82) is 0 Å². The van der Waals surface area contributed by atoms with Crippen LogP contribution in [0.2, 0.25) is 0 Å². The number of hydrogen-bond donors (Lipinski definition) is 0. The predicted octanol–water partition coefficient (Wildman–Crippen LogP) is 3.21. The summed E-state index contributed by atoms with van der Waals surface area (Å²) in [6, 6.07) is 5.74. The van der Waals surface area contributed by atoms with Gasteiger partial charge in [-0.1, -0.05) is 6.07 Å². The van der Waals surface area contributed by atoms with Crippen LogP contribution in [0.15, 0.2) is 41.6 Å². The quantitative estimate of drug-likeness (QED) is 0.580. The molecule has 0 spiro atoms. The molecule has 1 heterocycles. The summed E-state index contributed by atoms with van der Waals surface area (Å²) in [6.07, 6.45) is 3.22. The molecule has 2 aromatic rings. The van der Waals surface area contributed by atoms with Crippen molar-refractivity contribution >= 4 is 15.7 Å². The number of aryl methyl sites for hydroxylation is 1. The number of aromatic nitrogens is 1. The summed E-state index contributed by atoms with van der Waals surface area (Å²) in [5.41, 5.74) is 1.60. The van der Waals surface area contributed by atoms with Gasteiger partial charge in [0.05, 0.1) is 9.82 Å². The van der Waals surface area contributed by atoms with Gasteiger partial charge in [-0.3, -0.25) is 15.1 Å².